The Morgan fingerprint density at radius 1 is 1.21 bits per heavy atom. The molecule has 3 aromatic heterocycles. The molecule has 0 N–H and O–H groups in total. The topological polar surface area (TPSA) is 51.0 Å². The number of carbonyl (C=O) groups excluding carboxylic acids is 1. The molecule has 0 saturated carbocycles. The number of fused-ring (bicyclic) bond motifs is 1. The zero-order valence-corrected chi connectivity index (χ0v) is 19.0. The molecule has 9 heteroatoms. The number of thiophene rings is 1. The molecule has 0 spiro atoms. The molecule has 0 aliphatic heterocycles. The van der Waals surface area contributed by atoms with Crippen molar-refractivity contribution in [3.8, 4) is 0 Å². The summed E-state index contributed by atoms with van der Waals surface area (Å²) < 4.78 is 3.97. The third kappa shape index (κ3) is 4.33. The van der Waals surface area contributed by atoms with Gasteiger partial charge in [0.05, 0.1) is 26.4 Å². The first kappa shape index (κ1) is 20.3. The zero-order valence-electron chi connectivity index (χ0n) is 15.9. The van der Waals surface area contributed by atoms with Crippen molar-refractivity contribution in [2.45, 2.75) is 26.8 Å². The number of thiazole rings is 1. The van der Waals surface area contributed by atoms with Gasteiger partial charge in [-0.05, 0) is 43.5 Å². The molecular weight excluding hydrogens is 447 g/mol. The fraction of sp³-hybridized carbons (Fsp3) is 0.250. The number of imidazole rings is 1. The average Bonchev–Trinajstić information content (AvgIpc) is 3.38. The molecule has 5 nitrogen and oxygen atoms in total. The van der Waals surface area contributed by atoms with Gasteiger partial charge in [-0.25, -0.2) is 9.97 Å². The van der Waals surface area contributed by atoms with Crippen LogP contribution in [-0.4, -0.2) is 27.0 Å². The van der Waals surface area contributed by atoms with Crippen molar-refractivity contribution in [1.29, 1.82) is 0 Å². The molecule has 0 aliphatic rings. The molecule has 0 fully saturated rings. The van der Waals surface area contributed by atoms with Crippen LogP contribution >= 0.6 is 45.9 Å². The highest BCUT2D eigenvalue weighted by atomic mass is 35.5. The van der Waals surface area contributed by atoms with E-state index in [1.54, 1.807) is 23.5 Å². The molecule has 4 aromatic rings. The Balaban J connectivity index is 1.68. The van der Waals surface area contributed by atoms with Gasteiger partial charge in [-0.1, -0.05) is 40.6 Å². The molecule has 29 heavy (non-hydrogen) atoms. The minimum atomic E-state index is -0.183. The molecule has 0 unspecified atom stereocenters. The summed E-state index contributed by atoms with van der Waals surface area (Å²) in [6.45, 7) is 5.38. The summed E-state index contributed by atoms with van der Waals surface area (Å²) in [6.07, 6.45) is 6.18. The van der Waals surface area contributed by atoms with Crippen molar-refractivity contribution in [3.05, 3.63) is 62.3 Å². The van der Waals surface area contributed by atoms with Gasteiger partial charge in [0.15, 0.2) is 5.13 Å². The van der Waals surface area contributed by atoms with Crippen molar-refractivity contribution >= 4 is 67.1 Å². The number of hydrogen-bond donors (Lipinski definition) is 0. The Kier molecular flexibility index (Phi) is 5.92. The van der Waals surface area contributed by atoms with E-state index in [0.29, 0.717) is 25.9 Å². The van der Waals surface area contributed by atoms with Crippen LogP contribution in [0.4, 0.5) is 5.13 Å². The van der Waals surface area contributed by atoms with E-state index in [-0.39, 0.29) is 5.91 Å². The van der Waals surface area contributed by atoms with Gasteiger partial charge >= 0.3 is 0 Å². The van der Waals surface area contributed by atoms with E-state index in [0.717, 1.165) is 34.3 Å². The Bertz CT molecular complexity index is 1170. The van der Waals surface area contributed by atoms with Crippen LogP contribution in [0.5, 0.6) is 0 Å². The molecule has 150 valence electrons. The van der Waals surface area contributed by atoms with Crippen LogP contribution in [0.25, 0.3) is 10.2 Å². The van der Waals surface area contributed by atoms with Gasteiger partial charge in [0, 0.05) is 25.5 Å². The van der Waals surface area contributed by atoms with E-state index >= 15 is 0 Å². The number of aromatic nitrogens is 3. The summed E-state index contributed by atoms with van der Waals surface area (Å²) in [5, 5.41) is 0.669. The predicted octanol–water partition coefficient (Wildman–Crippen LogP) is 6.22. The molecule has 0 aliphatic carbocycles. The molecule has 4 rings (SSSR count). The number of benzene rings is 1. The fourth-order valence-corrected chi connectivity index (χ4v) is 5.71. The molecule has 3 heterocycles. The van der Waals surface area contributed by atoms with Crippen LogP contribution < -0.4 is 4.90 Å². The summed E-state index contributed by atoms with van der Waals surface area (Å²) in [5.41, 5.74) is 3.63. The number of aryl methyl sites for hydroxylation is 3. The maximum atomic E-state index is 13.3. The van der Waals surface area contributed by atoms with Crippen molar-refractivity contribution in [1.82, 2.24) is 14.5 Å². The van der Waals surface area contributed by atoms with E-state index < -0.39 is 0 Å². The van der Waals surface area contributed by atoms with E-state index in [1.165, 1.54) is 22.7 Å². The predicted molar refractivity (Wildman–Crippen MR) is 122 cm³/mol. The van der Waals surface area contributed by atoms with Gasteiger partial charge in [0.25, 0.3) is 5.91 Å². The van der Waals surface area contributed by atoms with Gasteiger partial charge in [0.1, 0.15) is 4.34 Å². The highest BCUT2D eigenvalue weighted by Crippen LogP contribution is 2.36. The van der Waals surface area contributed by atoms with Gasteiger partial charge in [0.2, 0.25) is 0 Å². The van der Waals surface area contributed by atoms with Crippen LogP contribution in [0.2, 0.25) is 8.67 Å². The molecule has 0 bridgehead atoms. The standard InChI is InChI=1S/C20H18Cl2N4OS2/c1-12-8-13(2)17-15(9-12)24-20(29-17)26(6-3-5-25-7-4-23-11-25)19(27)14-10-16(21)28-18(14)22/h4,7-11H,3,5-6H2,1-2H3. The molecule has 1 amide bonds. The van der Waals surface area contributed by atoms with Crippen LogP contribution in [0.15, 0.2) is 36.9 Å². The maximum Gasteiger partial charge on any atom is 0.262 e. The Hall–Kier alpha value is -1.93. The van der Waals surface area contributed by atoms with Crippen LogP contribution in [0.3, 0.4) is 0 Å². The second-order valence-corrected chi connectivity index (χ2v) is 10.0. The van der Waals surface area contributed by atoms with Crippen LogP contribution in [0.1, 0.15) is 27.9 Å². The summed E-state index contributed by atoms with van der Waals surface area (Å²) in [6, 6.07) is 5.80. The van der Waals surface area contributed by atoms with Crippen molar-refractivity contribution < 1.29 is 4.79 Å². The van der Waals surface area contributed by atoms with E-state index in [1.807, 2.05) is 23.8 Å². The number of anilines is 1. The Labute approximate surface area is 186 Å². The van der Waals surface area contributed by atoms with Crippen molar-refractivity contribution in [2.75, 3.05) is 11.4 Å². The molecule has 0 saturated heterocycles. The van der Waals surface area contributed by atoms with Gasteiger partial charge < -0.3 is 4.57 Å². The number of carbonyl (C=O) groups is 1. The molecule has 0 radical (unpaired) electrons. The van der Waals surface area contributed by atoms with Crippen molar-refractivity contribution in [3.63, 3.8) is 0 Å². The minimum absolute atomic E-state index is 0.183. The Morgan fingerprint density at radius 3 is 2.72 bits per heavy atom. The summed E-state index contributed by atoms with van der Waals surface area (Å²) in [4.78, 5) is 23.9. The largest absolute Gasteiger partial charge is 0.337 e. The fourth-order valence-electron chi connectivity index (χ4n) is 3.23. The first-order valence-corrected chi connectivity index (χ1v) is 11.4. The summed E-state index contributed by atoms with van der Waals surface area (Å²) >= 11 is 15.1. The second kappa shape index (κ2) is 8.44. The second-order valence-electron chi connectivity index (χ2n) is 6.78. The van der Waals surface area contributed by atoms with Gasteiger partial charge in [-0.3, -0.25) is 9.69 Å². The maximum absolute atomic E-state index is 13.3. The lowest BCUT2D eigenvalue weighted by molar-refractivity contribution is 0.0987. The van der Waals surface area contributed by atoms with E-state index in [4.69, 9.17) is 28.2 Å². The normalized spacial score (nSPS) is 11.3. The Morgan fingerprint density at radius 2 is 2.03 bits per heavy atom. The first-order valence-electron chi connectivity index (χ1n) is 9.02. The number of nitrogens with zero attached hydrogens (tertiary/aromatic N) is 4. The zero-order chi connectivity index (χ0) is 20.5. The quantitative estimate of drug-likeness (QED) is 0.340. The highest BCUT2D eigenvalue weighted by Gasteiger charge is 2.25. The van der Waals surface area contributed by atoms with Crippen LogP contribution in [-0.2, 0) is 6.54 Å². The van der Waals surface area contributed by atoms with Crippen molar-refractivity contribution in [2.24, 2.45) is 0 Å². The lowest BCUT2D eigenvalue weighted by Gasteiger charge is -2.19. The monoisotopic (exact) mass is 464 g/mol. The third-order valence-electron chi connectivity index (χ3n) is 4.53. The van der Waals surface area contributed by atoms with Gasteiger partial charge in [-0.15, -0.1) is 11.3 Å². The SMILES string of the molecule is Cc1cc(C)c2sc(N(CCCn3ccnc3)C(=O)c3cc(Cl)sc3Cl)nc2c1. The lowest BCUT2D eigenvalue weighted by atomic mass is 10.1. The lowest BCUT2D eigenvalue weighted by Crippen LogP contribution is -2.32. The van der Waals surface area contributed by atoms with Crippen LogP contribution in [0, 0.1) is 13.8 Å². The van der Waals surface area contributed by atoms with E-state index in [2.05, 4.69) is 18.0 Å². The highest BCUT2D eigenvalue weighted by molar-refractivity contribution is 7.22. The number of hydrogen-bond acceptors (Lipinski definition) is 5. The molecule has 1 aromatic carbocycles. The van der Waals surface area contributed by atoms with Gasteiger partial charge in [-0.2, -0.15) is 0 Å². The number of amides is 1. The summed E-state index contributed by atoms with van der Waals surface area (Å²) in [5.74, 6) is -0.183. The average molecular weight is 465 g/mol. The molecular formula is C20H18Cl2N4OS2. The molecule has 0 atom stereocenters. The third-order valence-corrected chi connectivity index (χ3v) is 7.25. The number of halogens is 2. The number of rotatable bonds is 6. The summed E-state index contributed by atoms with van der Waals surface area (Å²) in [7, 11) is 0. The van der Waals surface area contributed by atoms with E-state index in [9.17, 15) is 4.79 Å². The first-order chi connectivity index (χ1) is 13.9. The minimum Gasteiger partial charge on any atom is -0.337 e. The smallest absolute Gasteiger partial charge is 0.262 e.